The molecule has 26 heavy (non-hydrogen) atoms. The molecule has 0 aliphatic heterocycles. The summed E-state index contributed by atoms with van der Waals surface area (Å²) in [5, 5.41) is 0.373. The number of halogens is 4. The minimum Gasteiger partial charge on any atom is -0.256 e. The number of hydrogen-bond donors (Lipinski definition) is 0. The van der Waals surface area contributed by atoms with Crippen molar-refractivity contribution in [1.82, 2.24) is 4.98 Å². The first-order valence-corrected chi connectivity index (χ1v) is 8.46. The number of pyridine rings is 1. The molecule has 1 heterocycles. The Kier molecular flexibility index (Phi) is 4.80. The smallest absolute Gasteiger partial charge is 0.256 e. The topological polar surface area (TPSA) is 12.9 Å². The van der Waals surface area contributed by atoms with Crippen molar-refractivity contribution < 1.29 is 13.2 Å². The van der Waals surface area contributed by atoms with Gasteiger partial charge in [-0.25, -0.2) is 0 Å². The summed E-state index contributed by atoms with van der Waals surface area (Å²) in [4.78, 5) is 4.08. The third-order valence-corrected chi connectivity index (χ3v) is 4.61. The van der Waals surface area contributed by atoms with Crippen molar-refractivity contribution in [3.8, 4) is 22.4 Å². The number of rotatable bonds is 2. The average molecular weight is 376 g/mol. The van der Waals surface area contributed by atoms with Gasteiger partial charge in [-0.2, -0.15) is 13.2 Å². The molecule has 1 nitrogen and oxygen atoms in total. The molecule has 0 unspecified atom stereocenters. The molecular weight excluding hydrogens is 359 g/mol. The Bertz CT molecular complexity index is 908. The zero-order valence-corrected chi connectivity index (χ0v) is 15.3. The maximum Gasteiger partial charge on any atom is 0.419 e. The molecule has 1 aromatic heterocycles. The summed E-state index contributed by atoms with van der Waals surface area (Å²) >= 11 is 6.03. The van der Waals surface area contributed by atoms with Crippen LogP contribution in [0.2, 0.25) is 5.02 Å². The van der Waals surface area contributed by atoms with Crippen LogP contribution in [-0.2, 0) is 6.18 Å². The van der Waals surface area contributed by atoms with Crippen LogP contribution in [0.5, 0.6) is 0 Å². The molecule has 0 radical (unpaired) electrons. The van der Waals surface area contributed by atoms with Crippen LogP contribution in [0.4, 0.5) is 13.2 Å². The van der Waals surface area contributed by atoms with E-state index >= 15 is 0 Å². The van der Waals surface area contributed by atoms with Gasteiger partial charge in [0.1, 0.15) is 0 Å². The molecule has 0 saturated heterocycles. The highest BCUT2D eigenvalue weighted by molar-refractivity contribution is 6.30. The number of aromatic nitrogens is 1. The summed E-state index contributed by atoms with van der Waals surface area (Å²) < 4.78 is 42.2. The fraction of sp³-hybridized carbons (Fsp3) is 0.190. The highest BCUT2D eigenvalue weighted by Crippen LogP contribution is 2.44. The zero-order valence-electron chi connectivity index (χ0n) is 14.6. The molecule has 2 aromatic carbocycles. The standard InChI is InChI=1S/C21H17ClF3N/c1-12-4-5-13(2)17(10-12)16-8-9-26-20(19(16)21(23,24)25)18-11-15(22)7-6-14(18)3/h4-11H,1-3H3. The van der Waals surface area contributed by atoms with Crippen LogP contribution in [0.25, 0.3) is 22.4 Å². The Morgan fingerprint density at radius 1 is 0.808 bits per heavy atom. The van der Waals surface area contributed by atoms with Gasteiger partial charge in [0.2, 0.25) is 0 Å². The predicted molar refractivity (Wildman–Crippen MR) is 99.3 cm³/mol. The number of aryl methyl sites for hydroxylation is 3. The van der Waals surface area contributed by atoms with E-state index in [-0.39, 0.29) is 11.3 Å². The Labute approximate surface area is 155 Å². The number of nitrogens with zero attached hydrogens (tertiary/aromatic N) is 1. The van der Waals surface area contributed by atoms with Gasteiger partial charge < -0.3 is 0 Å². The first-order chi connectivity index (χ1) is 12.2. The molecule has 0 amide bonds. The highest BCUT2D eigenvalue weighted by atomic mass is 35.5. The molecule has 0 spiro atoms. The first-order valence-electron chi connectivity index (χ1n) is 8.09. The summed E-state index contributed by atoms with van der Waals surface area (Å²) in [7, 11) is 0. The Morgan fingerprint density at radius 3 is 2.15 bits per heavy atom. The van der Waals surface area contributed by atoms with Crippen LogP contribution in [0.1, 0.15) is 22.3 Å². The molecule has 0 aliphatic carbocycles. The van der Waals surface area contributed by atoms with E-state index in [1.807, 2.05) is 19.1 Å². The van der Waals surface area contributed by atoms with E-state index < -0.39 is 11.7 Å². The second-order valence-electron chi connectivity index (χ2n) is 6.36. The van der Waals surface area contributed by atoms with E-state index in [0.29, 0.717) is 21.7 Å². The van der Waals surface area contributed by atoms with E-state index in [9.17, 15) is 13.2 Å². The van der Waals surface area contributed by atoms with E-state index in [1.165, 1.54) is 18.3 Å². The lowest BCUT2D eigenvalue weighted by Gasteiger charge is -2.19. The number of alkyl halides is 3. The molecule has 0 atom stereocenters. The van der Waals surface area contributed by atoms with E-state index in [1.54, 1.807) is 32.0 Å². The second kappa shape index (κ2) is 6.76. The molecule has 3 aromatic rings. The van der Waals surface area contributed by atoms with Gasteiger partial charge in [0, 0.05) is 16.8 Å². The SMILES string of the molecule is Cc1ccc(C)c(-c2ccnc(-c3cc(Cl)ccc3C)c2C(F)(F)F)c1. The van der Waals surface area contributed by atoms with Gasteiger partial charge in [-0.1, -0.05) is 41.4 Å². The second-order valence-corrected chi connectivity index (χ2v) is 6.79. The van der Waals surface area contributed by atoms with Crippen molar-refractivity contribution >= 4 is 11.6 Å². The van der Waals surface area contributed by atoms with Crippen molar-refractivity contribution in [3.05, 3.63) is 75.9 Å². The number of hydrogen-bond acceptors (Lipinski definition) is 1. The van der Waals surface area contributed by atoms with E-state index in [0.717, 1.165) is 11.1 Å². The summed E-state index contributed by atoms with van der Waals surface area (Å²) in [5.41, 5.74) is 2.60. The predicted octanol–water partition coefficient (Wildman–Crippen LogP) is 7.01. The first kappa shape index (κ1) is 18.5. The summed E-state index contributed by atoms with van der Waals surface area (Å²) in [5.74, 6) is 0. The maximum absolute atomic E-state index is 14.1. The Morgan fingerprint density at radius 2 is 1.46 bits per heavy atom. The van der Waals surface area contributed by atoms with E-state index in [2.05, 4.69) is 4.98 Å². The fourth-order valence-corrected chi connectivity index (χ4v) is 3.22. The molecule has 134 valence electrons. The van der Waals surface area contributed by atoms with Crippen LogP contribution in [0.3, 0.4) is 0 Å². The molecule has 3 rings (SSSR count). The lowest BCUT2D eigenvalue weighted by Crippen LogP contribution is -2.11. The molecular formula is C21H17ClF3N. The van der Waals surface area contributed by atoms with Gasteiger partial charge in [0.15, 0.2) is 0 Å². The summed E-state index contributed by atoms with van der Waals surface area (Å²) in [6.45, 7) is 5.41. The van der Waals surface area contributed by atoms with Crippen LogP contribution in [-0.4, -0.2) is 4.98 Å². The van der Waals surface area contributed by atoms with Crippen LogP contribution in [0, 0.1) is 20.8 Å². The molecule has 0 saturated carbocycles. The minimum atomic E-state index is -4.55. The maximum atomic E-state index is 14.1. The molecule has 0 bridgehead atoms. The van der Waals surface area contributed by atoms with Gasteiger partial charge in [-0.3, -0.25) is 4.98 Å². The Hall–Kier alpha value is -2.33. The van der Waals surface area contributed by atoms with Crippen molar-refractivity contribution in [2.24, 2.45) is 0 Å². The monoisotopic (exact) mass is 375 g/mol. The summed E-state index contributed by atoms with van der Waals surface area (Å²) in [6.07, 6.45) is -3.13. The van der Waals surface area contributed by atoms with Gasteiger partial charge >= 0.3 is 6.18 Å². The van der Waals surface area contributed by atoms with Crippen molar-refractivity contribution in [3.63, 3.8) is 0 Å². The lowest BCUT2D eigenvalue weighted by atomic mass is 9.91. The summed E-state index contributed by atoms with van der Waals surface area (Å²) in [6, 6.07) is 11.8. The van der Waals surface area contributed by atoms with Gasteiger partial charge in [0.25, 0.3) is 0 Å². The lowest BCUT2D eigenvalue weighted by molar-refractivity contribution is -0.136. The zero-order chi connectivity index (χ0) is 19.1. The van der Waals surface area contributed by atoms with Gasteiger partial charge in [-0.15, -0.1) is 0 Å². The average Bonchev–Trinajstić information content (AvgIpc) is 2.57. The normalized spacial score (nSPS) is 11.7. The highest BCUT2D eigenvalue weighted by Gasteiger charge is 2.38. The van der Waals surface area contributed by atoms with Gasteiger partial charge in [-0.05, 0) is 61.2 Å². The van der Waals surface area contributed by atoms with E-state index in [4.69, 9.17) is 11.6 Å². The minimum absolute atomic E-state index is 0.101. The van der Waals surface area contributed by atoms with Crippen LogP contribution < -0.4 is 0 Å². The van der Waals surface area contributed by atoms with Crippen molar-refractivity contribution in [1.29, 1.82) is 0 Å². The van der Waals surface area contributed by atoms with Crippen LogP contribution in [0.15, 0.2) is 48.7 Å². The molecule has 0 aliphatic rings. The Balaban J connectivity index is 2.38. The quantitative estimate of drug-likeness (QED) is 0.469. The largest absolute Gasteiger partial charge is 0.419 e. The number of benzene rings is 2. The molecule has 0 N–H and O–H groups in total. The third-order valence-electron chi connectivity index (χ3n) is 4.37. The van der Waals surface area contributed by atoms with Gasteiger partial charge in [0.05, 0.1) is 11.3 Å². The van der Waals surface area contributed by atoms with Crippen molar-refractivity contribution in [2.45, 2.75) is 26.9 Å². The molecule has 5 heteroatoms. The fourth-order valence-electron chi connectivity index (χ4n) is 3.05. The molecule has 0 fully saturated rings. The van der Waals surface area contributed by atoms with Crippen LogP contribution >= 0.6 is 11.6 Å². The third kappa shape index (κ3) is 3.47. The van der Waals surface area contributed by atoms with Crippen molar-refractivity contribution in [2.75, 3.05) is 0 Å².